The third kappa shape index (κ3) is 3.99. The van der Waals surface area contributed by atoms with Gasteiger partial charge in [0.2, 0.25) is 5.91 Å². The van der Waals surface area contributed by atoms with Gasteiger partial charge >= 0.3 is 5.97 Å². The minimum atomic E-state index is -1.37. The van der Waals surface area contributed by atoms with Crippen LogP contribution in [-0.4, -0.2) is 28.7 Å². The van der Waals surface area contributed by atoms with Gasteiger partial charge in [-0.15, -0.1) is 23.1 Å². The Kier molecular flexibility index (Phi) is 5.89. The number of esters is 1. The number of carbonyl (C=O) groups excluding carboxylic acids is 2. The third-order valence-electron chi connectivity index (χ3n) is 4.55. The third-order valence-corrected chi connectivity index (χ3v) is 6.89. The number of thioether (sulfide) groups is 1. The normalized spacial score (nSPS) is 16.0. The molecule has 2 aromatic carbocycles. The number of hydrogen-bond donors (Lipinski definition) is 0. The molecule has 2 heterocycles. The Bertz CT molecular complexity index is 1200. The zero-order valence-corrected chi connectivity index (χ0v) is 17.6. The highest BCUT2D eigenvalue weighted by Gasteiger charge is 2.37. The highest BCUT2D eigenvalue weighted by Crippen LogP contribution is 2.43. The lowest BCUT2D eigenvalue weighted by Gasteiger charge is -2.33. The maximum atomic E-state index is 14.5. The zero-order valence-electron chi connectivity index (χ0n) is 16.0. The number of rotatable bonds is 5. The molecule has 31 heavy (non-hydrogen) atoms. The van der Waals surface area contributed by atoms with Crippen LogP contribution in [0.4, 0.5) is 23.2 Å². The number of hydrogen-bond acceptors (Lipinski definition) is 6. The maximum absolute atomic E-state index is 14.5. The summed E-state index contributed by atoms with van der Waals surface area (Å²) >= 11 is 1.68. The lowest BCUT2D eigenvalue weighted by atomic mass is 10.2. The molecule has 3 aromatic rings. The Hall–Kier alpha value is -2.66. The van der Waals surface area contributed by atoms with Crippen molar-refractivity contribution >= 4 is 50.9 Å². The van der Waals surface area contributed by atoms with Crippen molar-refractivity contribution in [3.63, 3.8) is 0 Å². The van der Waals surface area contributed by atoms with E-state index in [4.69, 9.17) is 4.74 Å². The van der Waals surface area contributed by atoms with Gasteiger partial charge in [-0.05, 0) is 19.1 Å². The van der Waals surface area contributed by atoms with Crippen LogP contribution in [0, 0.1) is 23.3 Å². The van der Waals surface area contributed by atoms with Crippen LogP contribution >= 0.6 is 23.1 Å². The molecular formula is C20H14F4N2O3S2. The van der Waals surface area contributed by atoms with Gasteiger partial charge in [0.15, 0.2) is 11.6 Å². The second kappa shape index (κ2) is 8.46. The molecule has 0 aliphatic carbocycles. The number of carbonyl (C=O) groups is 2. The summed E-state index contributed by atoms with van der Waals surface area (Å²) in [6.45, 7) is 1.54. The van der Waals surface area contributed by atoms with E-state index in [-0.39, 0.29) is 39.9 Å². The van der Waals surface area contributed by atoms with Crippen LogP contribution in [0.25, 0.3) is 10.2 Å². The molecule has 0 radical (unpaired) electrons. The van der Waals surface area contributed by atoms with Gasteiger partial charge in [0.1, 0.15) is 22.2 Å². The molecule has 4 rings (SSSR count). The van der Waals surface area contributed by atoms with Gasteiger partial charge in [-0.1, -0.05) is 6.07 Å². The predicted octanol–water partition coefficient (Wildman–Crippen LogP) is 4.81. The van der Waals surface area contributed by atoms with Gasteiger partial charge in [-0.3, -0.25) is 9.59 Å². The van der Waals surface area contributed by atoms with E-state index in [1.54, 1.807) is 6.92 Å². The summed E-state index contributed by atoms with van der Waals surface area (Å²) in [4.78, 5) is 30.3. The molecule has 162 valence electrons. The first kappa shape index (κ1) is 21.6. The van der Waals surface area contributed by atoms with Crippen molar-refractivity contribution in [3.8, 4) is 0 Å². The van der Waals surface area contributed by atoms with E-state index in [0.29, 0.717) is 6.07 Å². The molecule has 0 N–H and O–H groups in total. The predicted molar refractivity (Wildman–Crippen MR) is 108 cm³/mol. The molecule has 1 aromatic heterocycles. The summed E-state index contributed by atoms with van der Waals surface area (Å²) in [5, 5.41) is -0.813. The van der Waals surface area contributed by atoms with Crippen LogP contribution < -0.4 is 4.90 Å². The molecule has 0 fully saturated rings. The first-order valence-electron chi connectivity index (χ1n) is 9.15. The molecule has 0 saturated carbocycles. The molecule has 0 spiro atoms. The van der Waals surface area contributed by atoms with Crippen LogP contribution in [0.1, 0.15) is 18.4 Å². The number of fused-ring (bicyclic) bond motifs is 2. The van der Waals surface area contributed by atoms with Crippen LogP contribution in [0.3, 0.4) is 0 Å². The molecule has 1 aliphatic rings. The van der Waals surface area contributed by atoms with Crippen molar-refractivity contribution in [2.75, 3.05) is 11.5 Å². The van der Waals surface area contributed by atoms with Gasteiger partial charge in [0.05, 0.1) is 40.1 Å². The van der Waals surface area contributed by atoms with Gasteiger partial charge in [0.25, 0.3) is 0 Å². The van der Waals surface area contributed by atoms with E-state index in [0.717, 1.165) is 23.1 Å². The van der Waals surface area contributed by atoms with E-state index in [9.17, 15) is 27.2 Å². The van der Waals surface area contributed by atoms with Gasteiger partial charge in [-0.25, -0.2) is 22.5 Å². The summed E-state index contributed by atoms with van der Waals surface area (Å²) in [6, 6.07) is 4.61. The Balaban J connectivity index is 1.72. The highest BCUT2D eigenvalue weighted by molar-refractivity contribution is 8.01. The fraction of sp³-hybridized carbons (Fsp3) is 0.250. The fourth-order valence-electron chi connectivity index (χ4n) is 3.21. The average molecular weight is 470 g/mol. The van der Waals surface area contributed by atoms with E-state index in [2.05, 4.69) is 4.98 Å². The Morgan fingerprint density at radius 3 is 2.71 bits per heavy atom. The number of halogens is 4. The lowest BCUT2D eigenvalue weighted by Crippen LogP contribution is -2.41. The van der Waals surface area contributed by atoms with Crippen molar-refractivity contribution in [1.29, 1.82) is 0 Å². The molecule has 1 aliphatic heterocycles. The topological polar surface area (TPSA) is 59.5 Å². The van der Waals surface area contributed by atoms with Crippen molar-refractivity contribution in [1.82, 2.24) is 4.98 Å². The number of ether oxygens (including phenoxy) is 1. The van der Waals surface area contributed by atoms with Crippen molar-refractivity contribution < 1.29 is 31.9 Å². The number of aromatic nitrogens is 1. The zero-order chi connectivity index (χ0) is 22.3. The smallest absolute Gasteiger partial charge is 0.307 e. The number of anilines is 1. The van der Waals surface area contributed by atoms with Crippen LogP contribution in [0.5, 0.6) is 0 Å². The summed E-state index contributed by atoms with van der Waals surface area (Å²) < 4.78 is 60.8. The van der Waals surface area contributed by atoms with Gasteiger partial charge < -0.3 is 9.64 Å². The molecule has 1 unspecified atom stereocenters. The average Bonchev–Trinajstić information content (AvgIpc) is 3.15. The van der Waals surface area contributed by atoms with Crippen molar-refractivity contribution in [2.45, 2.75) is 30.0 Å². The number of nitrogens with zero attached hydrogens (tertiary/aromatic N) is 2. The van der Waals surface area contributed by atoms with Gasteiger partial charge in [0, 0.05) is 6.07 Å². The summed E-state index contributed by atoms with van der Waals surface area (Å²) in [5.74, 6) is -5.29. The SMILES string of the molecule is CCOC(=O)CC1Sc2c(F)cccc2N(Cc2nc3c(F)c(F)cc(F)c3s2)C1=O. The molecule has 0 saturated heterocycles. The summed E-state index contributed by atoms with van der Waals surface area (Å²) in [6.07, 6.45) is -0.268. The minimum Gasteiger partial charge on any atom is -0.466 e. The summed E-state index contributed by atoms with van der Waals surface area (Å²) in [5.41, 5.74) is -0.222. The Morgan fingerprint density at radius 1 is 1.19 bits per heavy atom. The first-order valence-corrected chi connectivity index (χ1v) is 10.8. The maximum Gasteiger partial charge on any atom is 0.307 e. The molecule has 1 atom stereocenters. The van der Waals surface area contributed by atoms with E-state index >= 15 is 0 Å². The standard InChI is InChI=1S/C20H14F4N2O3S2/c1-2-29-15(27)7-13-20(28)26(12-5-3-4-9(21)18(12)30-13)8-14-25-17-16(24)10(22)6-11(23)19(17)31-14/h3-6,13H,2,7-8H2,1H3. The number of thiazole rings is 1. The highest BCUT2D eigenvalue weighted by atomic mass is 32.2. The summed E-state index contributed by atoms with van der Waals surface area (Å²) in [7, 11) is 0. The quantitative estimate of drug-likeness (QED) is 0.304. The fourth-order valence-corrected chi connectivity index (χ4v) is 5.37. The van der Waals surface area contributed by atoms with Crippen molar-refractivity contribution in [3.05, 3.63) is 52.5 Å². The minimum absolute atomic E-state index is 0.128. The van der Waals surface area contributed by atoms with Crippen LogP contribution in [-0.2, 0) is 20.9 Å². The van der Waals surface area contributed by atoms with Crippen LogP contribution in [0.2, 0.25) is 0 Å². The molecule has 11 heteroatoms. The Morgan fingerprint density at radius 2 is 1.97 bits per heavy atom. The molecular weight excluding hydrogens is 456 g/mol. The number of amides is 1. The number of benzene rings is 2. The lowest BCUT2D eigenvalue weighted by molar-refractivity contribution is -0.144. The van der Waals surface area contributed by atoms with Crippen molar-refractivity contribution in [2.24, 2.45) is 0 Å². The van der Waals surface area contributed by atoms with E-state index in [1.807, 2.05) is 0 Å². The monoisotopic (exact) mass is 470 g/mol. The second-order valence-electron chi connectivity index (χ2n) is 6.57. The molecule has 0 bridgehead atoms. The first-order chi connectivity index (χ1) is 14.8. The van der Waals surface area contributed by atoms with Crippen LogP contribution in [0.15, 0.2) is 29.2 Å². The Labute approximate surface area is 182 Å². The van der Waals surface area contributed by atoms with E-state index in [1.165, 1.54) is 23.1 Å². The van der Waals surface area contributed by atoms with E-state index < -0.39 is 45.9 Å². The van der Waals surface area contributed by atoms with Gasteiger partial charge in [-0.2, -0.15) is 0 Å². The molecule has 5 nitrogen and oxygen atoms in total. The molecule has 1 amide bonds. The largest absolute Gasteiger partial charge is 0.466 e. The second-order valence-corrected chi connectivity index (χ2v) is 8.86.